The molecule has 0 bridgehead atoms. The summed E-state index contributed by atoms with van der Waals surface area (Å²) in [6, 6.07) is 8.97. The predicted octanol–water partition coefficient (Wildman–Crippen LogP) is 3.03. The third-order valence-electron chi connectivity index (χ3n) is 1.90. The minimum absolute atomic E-state index is 0.312. The zero-order valence-electron chi connectivity index (χ0n) is 7.61. The van der Waals surface area contributed by atoms with E-state index in [1.54, 1.807) is 18.2 Å². The molecule has 1 aromatic carbocycles. The minimum atomic E-state index is 0.312. The Morgan fingerprint density at radius 2 is 1.87 bits per heavy atom. The van der Waals surface area contributed by atoms with Crippen molar-refractivity contribution >= 4 is 29.0 Å². The lowest BCUT2D eigenvalue weighted by molar-refractivity contribution is 1.04. The van der Waals surface area contributed by atoms with E-state index in [1.807, 2.05) is 12.1 Å². The molecule has 0 saturated carbocycles. The van der Waals surface area contributed by atoms with Gasteiger partial charge in [-0.05, 0) is 23.8 Å². The Bertz CT molecular complexity index is 500. The molecule has 5 heteroatoms. The Balaban J connectivity index is 2.58. The van der Waals surface area contributed by atoms with Gasteiger partial charge in [-0.1, -0.05) is 35.3 Å². The SMILES string of the molecule is Nc1cc(-c2cccc(Cl)c2)c(Cl)nn1. The molecular weight excluding hydrogens is 233 g/mol. The molecule has 2 rings (SSSR count). The number of aromatic nitrogens is 2. The summed E-state index contributed by atoms with van der Waals surface area (Å²) in [5.41, 5.74) is 7.14. The molecule has 0 atom stereocenters. The van der Waals surface area contributed by atoms with Crippen LogP contribution in [0.2, 0.25) is 10.2 Å². The highest BCUT2D eigenvalue weighted by Gasteiger charge is 2.06. The predicted molar refractivity (Wildman–Crippen MR) is 61.9 cm³/mol. The molecular formula is C10H7Cl2N3. The standard InChI is InChI=1S/C10H7Cl2N3/c11-7-3-1-2-6(4-7)8-5-9(13)14-15-10(8)12/h1-5H,(H2,13,14). The number of nitrogens with zero attached hydrogens (tertiary/aromatic N) is 2. The van der Waals surface area contributed by atoms with Crippen LogP contribution in [-0.2, 0) is 0 Å². The number of halogens is 2. The summed E-state index contributed by atoms with van der Waals surface area (Å²) >= 11 is 11.8. The molecule has 3 nitrogen and oxygen atoms in total. The number of anilines is 1. The monoisotopic (exact) mass is 239 g/mol. The van der Waals surface area contributed by atoms with Gasteiger partial charge in [0.1, 0.15) is 5.82 Å². The highest BCUT2D eigenvalue weighted by atomic mass is 35.5. The fourth-order valence-electron chi connectivity index (χ4n) is 1.25. The number of hydrogen-bond donors (Lipinski definition) is 1. The topological polar surface area (TPSA) is 51.8 Å². The second kappa shape index (κ2) is 4.04. The normalized spacial score (nSPS) is 10.3. The van der Waals surface area contributed by atoms with Crippen molar-refractivity contribution in [3.63, 3.8) is 0 Å². The van der Waals surface area contributed by atoms with E-state index >= 15 is 0 Å². The van der Waals surface area contributed by atoms with Crippen molar-refractivity contribution < 1.29 is 0 Å². The lowest BCUT2D eigenvalue weighted by Crippen LogP contribution is -1.94. The second-order valence-corrected chi connectivity index (χ2v) is 3.78. The van der Waals surface area contributed by atoms with E-state index in [1.165, 1.54) is 0 Å². The number of hydrogen-bond acceptors (Lipinski definition) is 3. The minimum Gasteiger partial charge on any atom is -0.382 e. The maximum atomic E-state index is 5.91. The van der Waals surface area contributed by atoms with Gasteiger partial charge in [0, 0.05) is 10.6 Å². The van der Waals surface area contributed by atoms with Gasteiger partial charge in [-0.2, -0.15) is 0 Å². The fraction of sp³-hybridized carbons (Fsp3) is 0. The fourth-order valence-corrected chi connectivity index (χ4v) is 1.64. The van der Waals surface area contributed by atoms with Crippen molar-refractivity contribution in [1.82, 2.24) is 10.2 Å². The lowest BCUT2D eigenvalue weighted by atomic mass is 10.1. The van der Waals surface area contributed by atoms with Crippen molar-refractivity contribution in [1.29, 1.82) is 0 Å². The van der Waals surface area contributed by atoms with Crippen LogP contribution in [0, 0.1) is 0 Å². The Morgan fingerprint density at radius 1 is 1.07 bits per heavy atom. The summed E-state index contributed by atoms with van der Waals surface area (Å²) in [6.45, 7) is 0. The second-order valence-electron chi connectivity index (χ2n) is 2.98. The molecule has 0 aliphatic carbocycles. The summed E-state index contributed by atoms with van der Waals surface area (Å²) in [4.78, 5) is 0. The first-order valence-electron chi connectivity index (χ1n) is 4.21. The Kier molecular flexibility index (Phi) is 2.75. The summed E-state index contributed by atoms with van der Waals surface area (Å²) < 4.78 is 0. The summed E-state index contributed by atoms with van der Waals surface area (Å²) in [5, 5.41) is 8.33. The first-order valence-corrected chi connectivity index (χ1v) is 4.97. The highest BCUT2D eigenvalue weighted by molar-refractivity contribution is 6.32. The molecule has 2 aromatic rings. The lowest BCUT2D eigenvalue weighted by Gasteiger charge is -2.04. The van der Waals surface area contributed by atoms with E-state index in [2.05, 4.69) is 10.2 Å². The first kappa shape index (κ1) is 10.2. The smallest absolute Gasteiger partial charge is 0.159 e. The van der Waals surface area contributed by atoms with Gasteiger partial charge in [0.25, 0.3) is 0 Å². The van der Waals surface area contributed by atoms with Crippen molar-refractivity contribution in [2.45, 2.75) is 0 Å². The maximum Gasteiger partial charge on any atom is 0.159 e. The zero-order chi connectivity index (χ0) is 10.8. The van der Waals surface area contributed by atoms with E-state index in [0.29, 0.717) is 16.0 Å². The van der Waals surface area contributed by atoms with Crippen LogP contribution >= 0.6 is 23.2 Å². The molecule has 15 heavy (non-hydrogen) atoms. The third kappa shape index (κ3) is 2.19. The summed E-state index contributed by atoms with van der Waals surface area (Å²) in [7, 11) is 0. The van der Waals surface area contributed by atoms with E-state index < -0.39 is 0 Å². The molecule has 0 aliphatic heterocycles. The van der Waals surface area contributed by atoms with Crippen LogP contribution in [-0.4, -0.2) is 10.2 Å². The van der Waals surface area contributed by atoms with Gasteiger partial charge in [0.05, 0.1) is 0 Å². The van der Waals surface area contributed by atoms with Crippen molar-refractivity contribution in [2.75, 3.05) is 5.73 Å². The first-order chi connectivity index (χ1) is 7.16. The van der Waals surface area contributed by atoms with Crippen molar-refractivity contribution in [2.24, 2.45) is 0 Å². The molecule has 0 radical (unpaired) electrons. The van der Waals surface area contributed by atoms with Gasteiger partial charge in [0.15, 0.2) is 5.15 Å². The maximum absolute atomic E-state index is 5.91. The van der Waals surface area contributed by atoms with Crippen LogP contribution in [0.25, 0.3) is 11.1 Å². The van der Waals surface area contributed by atoms with Crippen LogP contribution in [0.3, 0.4) is 0 Å². The third-order valence-corrected chi connectivity index (χ3v) is 2.42. The molecule has 1 heterocycles. The van der Waals surface area contributed by atoms with E-state index in [9.17, 15) is 0 Å². The number of rotatable bonds is 1. The molecule has 0 unspecified atom stereocenters. The number of benzene rings is 1. The van der Waals surface area contributed by atoms with Crippen LogP contribution < -0.4 is 5.73 Å². The summed E-state index contributed by atoms with van der Waals surface area (Å²) in [6.07, 6.45) is 0. The van der Waals surface area contributed by atoms with Gasteiger partial charge in [-0.3, -0.25) is 0 Å². The molecule has 0 amide bonds. The largest absolute Gasteiger partial charge is 0.382 e. The van der Waals surface area contributed by atoms with Crippen molar-refractivity contribution in [3.8, 4) is 11.1 Å². The van der Waals surface area contributed by atoms with Gasteiger partial charge in [0.2, 0.25) is 0 Å². The molecule has 0 saturated heterocycles. The Labute approximate surface area is 96.8 Å². The average molecular weight is 240 g/mol. The van der Waals surface area contributed by atoms with Gasteiger partial charge in [-0.15, -0.1) is 10.2 Å². The molecule has 76 valence electrons. The summed E-state index contributed by atoms with van der Waals surface area (Å²) in [5.74, 6) is 0.328. The van der Waals surface area contributed by atoms with Crippen LogP contribution in [0.4, 0.5) is 5.82 Å². The van der Waals surface area contributed by atoms with Crippen LogP contribution in [0.15, 0.2) is 30.3 Å². The van der Waals surface area contributed by atoms with Gasteiger partial charge in [-0.25, -0.2) is 0 Å². The van der Waals surface area contributed by atoms with Crippen LogP contribution in [0.1, 0.15) is 0 Å². The Morgan fingerprint density at radius 3 is 2.60 bits per heavy atom. The van der Waals surface area contributed by atoms with E-state index in [4.69, 9.17) is 28.9 Å². The van der Waals surface area contributed by atoms with E-state index in [0.717, 1.165) is 11.1 Å². The highest BCUT2D eigenvalue weighted by Crippen LogP contribution is 2.28. The molecule has 0 aliphatic rings. The zero-order valence-corrected chi connectivity index (χ0v) is 9.13. The van der Waals surface area contributed by atoms with Crippen molar-refractivity contribution in [3.05, 3.63) is 40.5 Å². The molecule has 2 N–H and O–H groups in total. The average Bonchev–Trinajstić information content (AvgIpc) is 2.22. The molecule has 0 fully saturated rings. The van der Waals surface area contributed by atoms with Gasteiger partial charge >= 0.3 is 0 Å². The number of nitrogens with two attached hydrogens (primary N) is 1. The molecule has 0 spiro atoms. The van der Waals surface area contributed by atoms with E-state index in [-0.39, 0.29) is 0 Å². The molecule has 1 aromatic heterocycles. The number of nitrogen functional groups attached to an aromatic ring is 1. The van der Waals surface area contributed by atoms with Crippen LogP contribution in [0.5, 0.6) is 0 Å². The Hall–Kier alpha value is -1.32. The quantitative estimate of drug-likeness (QED) is 0.833. The van der Waals surface area contributed by atoms with Gasteiger partial charge < -0.3 is 5.73 Å².